The Balaban J connectivity index is 1.92. The van der Waals surface area contributed by atoms with Crippen molar-refractivity contribution in [3.8, 4) is 0 Å². The number of anilines is 3. The van der Waals surface area contributed by atoms with Crippen molar-refractivity contribution in [2.45, 2.75) is 13.3 Å². The Morgan fingerprint density at radius 2 is 1.69 bits per heavy atom. The summed E-state index contributed by atoms with van der Waals surface area (Å²) in [5, 5.41) is 8.56. The van der Waals surface area contributed by atoms with Crippen LogP contribution in [0.1, 0.15) is 23.8 Å². The summed E-state index contributed by atoms with van der Waals surface area (Å²) in [5.41, 5.74) is 1.56. The van der Waals surface area contributed by atoms with Gasteiger partial charge in [0.15, 0.2) is 0 Å². The van der Waals surface area contributed by atoms with Crippen LogP contribution in [-0.2, 0) is 4.79 Å². The van der Waals surface area contributed by atoms with E-state index in [9.17, 15) is 9.59 Å². The molecule has 0 fully saturated rings. The Kier molecular flexibility index (Phi) is 7.04. The molecule has 0 saturated carbocycles. The monoisotopic (exact) mass is 356 g/mol. The molecule has 1 aromatic carbocycles. The Hall–Kier alpha value is -3.00. The fourth-order valence-electron chi connectivity index (χ4n) is 2.20. The van der Waals surface area contributed by atoms with Gasteiger partial charge in [-0.05, 0) is 57.4 Å². The molecule has 0 aliphatic heterocycles. The van der Waals surface area contributed by atoms with Gasteiger partial charge in [0.25, 0.3) is 5.91 Å². The van der Waals surface area contributed by atoms with Crippen LogP contribution in [-0.4, -0.2) is 53.9 Å². The van der Waals surface area contributed by atoms with E-state index in [1.807, 2.05) is 14.1 Å². The maximum Gasteiger partial charge on any atom is 0.274 e. The predicted molar refractivity (Wildman–Crippen MR) is 102 cm³/mol. The van der Waals surface area contributed by atoms with E-state index in [4.69, 9.17) is 0 Å². The quantitative estimate of drug-likeness (QED) is 0.626. The molecule has 2 aromatic rings. The van der Waals surface area contributed by atoms with Crippen LogP contribution in [0.3, 0.4) is 0 Å². The molecule has 8 nitrogen and oxygen atoms in total. The lowest BCUT2D eigenvalue weighted by Crippen LogP contribution is -2.18. The van der Waals surface area contributed by atoms with Crippen LogP contribution in [0.5, 0.6) is 0 Å². The second-order valence-electron chi connectivity index (χ2n) is 6.06. The van der Waals surface area contributed by atoms with E-state index in [-0.39, 0.29) is 17.5 Å². The van der Waals surface area contributed by atoms with Crippen LogP contribution in [0.4, 0.5) is 17.3 Å². The van der Waals surface area contributed by atoms with Gasteiger partial charge >= 0.3 is 0 Å². The summed E-state index contributed by atoms with van der Waals surface area (Å²) >= 11 is 0. The van der Waals surface area contributed by atoms with E-state index < -0.39 is 0 Å². The van der Waals surface area contributed by atoms with Crippen molar-refractivity contribution in [1.82, 2.24) is 14.9 Å². The summed E-state index contributed by atoms with van der Waals surface area (Å²) in [6.45, 7) is 3.13. The number of hydrogen-bond donors (Lipinski definition) is 3. The van der Waals surface area contributed by atoms with Gasteiger partial charge in [0.2, 0.25) is 11.9 Å². The highest BCUT2D eigenvalue weighted by Crippen LogP contribution is 2.14. The van der Waals surface area contributed by atoms with Crippen molar-refractivity contribution >= 4 is 29.1 Å². The summed E-state index contributed by atoms with van der Waals surface area (Å²) in [6, 6.07) is 8.42. The first kappa shape index (κ1) is 19.3. The smallest absolute Gasteiger partial charge is 0.274 e. The summed E-state index contributed by atoms with van der Waals surface area (Å²) in [7, 11) is 4.04. The lowest BCUT2D eigenvalue weighted by atomic mass is 10.2. The van der Waals surface area contributed by atoms with Crippen molar-refractivity contribution in [2.24, 2.45) is 0 Å². The van der Waals surface area contributed by atoms with Crippen LogP contribution < -0.4 is 16.0 Å². The minimum Gasteiger partial charge on any atom is -0.354 e. The third-order valence-electron chi connectivity index (χ3n) is 3.42. The van der Waals surface area contributed by atoms with Gasteiger partial charge in [-0.25, -0.2) is 9.97 Å². The maximum atomic E-state index is 12.3. The summed E-state index contributed by atoms with van der Waals surface area (Å²) < 4.78 is 0. The average Bonchev–Trinajstić information content (AvgIpc) is 2.60. The van der Waals surface area contributed by atoms with Crippen molar-refractivity contribution in [3.05, 3.63) is 42.2 Å². The average molecular weight is 356 g/mol. The SMILES string of the molecule is CC(=O)Nc1ccc(NC(=O)c2ccnc(NCCCN(C)C)n2)cc1. The highest BCUT2D eigenvalue weighted by atomic mass is 16.2. The van der Waals surface area contributed by atoms with Crippen LogP contribution in [0, 0.1) is 0 Å². The largest absolute Gasteiger partial charge is 0.354 e. The molecule has 1 heterocycles. The normalized spacial score (nSPS) is 10.5. The molecule has 0 bridgehead atoms. The predicted octanol–water partition coefficient (Wildman–Crippen LogP) is 2.05. The number of benzene rings is 1. The van der Waals surface area contributed by atoms with E-state index in [1.165, 1.54) is 6.92 Å². The molecule has 0 unspecified atom stereocenters. The van der Waals surface area contributed by atoms with Crippen molar-refractivity contribution < 1.29 is 9.59 Å². The molecule has 8 heteroatoms. The minimum atomic E-state index is -0.323. The Morgan fingerprint density at radius 3 is 2.31 bits per heavy atom. The Labute approximate surface area is 153 Å². The Morgan fingerprint density at radius 1 is 1.04 bits per heavy atom. The second-order valence-corrected chi connectivity index (χ2v) is 6.06. The zero-order chi connectivity index (χ0) is 18.9. The highest BCUT2D eigenvalue weighted by Gasteiger charge is 2.09. The van der Waals surface area contributed by atoms with E-state index in [0.29, 0.717) is 17.3 Å². The van der Waals surface area contributed by atoms with Gasteiger partial charge in [-0.1, -0.05) is 0 Å². The van der Waals surface area contributed by atoms with Gasteiger partial charge in [0, 0.05) is 31.0 Å². The molecule has 3 N–H and O–H groups in total. The molecule has 0 aliphatic carbocycles. The maximum absolute atomic E-state index is 12.3. The third kappa shape index (κ3) is 6.48. The second kappa shape index (κ2) is 9.47. The van der Waals surface area contributed by atoms with Crippen LogP contribution in [0.15, 0.2) is 36.5 Å². The highest BCUT2D eigenvalue weighted by molar-refractivity contribution is 6.03. The summed E-state index contributed by atoms with van der Waals surface area (Å²) in [6.07, 6.45) is 2.50. The molecular formula is C18H24N6O2. The summed E-state index contributed by atoms with van der Waals surface area (Å²) in [5.74, 6) is -0.0400. The first-order valence-electron chi connectivity index (χ1n) is 8.34. The lowest BCUT2D eigenvalue weighted by Gasteiger charge is -2.10. The lowest BCUT2D eigenvalue weighted by molar-refractivity contribution is -0.114. The summed E-state index contributed by atoms with van der Waals surface area (Å²) in [4.78, 5) is 33.8. The van der Waals surface area contributed by atoms with Crippen molar-refractivity contribution in [3.63, 3.8) is 0 Å². The zero-order valence-corrected chi connectivity index (χ0v) is 15.2. The number of nitrogens with one attached hydrogen (secondary N) is 3. The molecular weight excluding hydrogens is 332 g/mol. The molecule has 26 heavy (non-hydrogen) atoms. The molecule has 0 radical (unpaired) electrons. The van der Waals surface area contributed by atoms with E-state index in [0.717, 1.165) is 19.5 Å². The number of carbonyl (C=O) groups excluding carboxylic acids is 2. The number of rotatable bonds is 8. The molecule has 2 amide bonds. The standard InChI is InChI=1S/C18H24N6O2/c1-13(25)21-14-5-7-15(8-6-14)22-17(26)16-9-11-20-18(23-16)19-10-4-12-24(2)3/h5-9,11H,4,10,12H2,1-3H3,(H,21,25)(H,22,26)(H,19,20,23). The van der Waals surface area contributed by atoms with E-state index in [2.05, 4.69) is 30.8 Å². The van der Waals surface area contributed by atoms with E-state index in [1.54, 1.807) is 36.5 Å². The number of carbonyl (C=O) groups is 2. The molecule has 1 aromatic heterocycles. The first-order chi connectivity index (χ1) is 12.4. The fraction of sp³-hybridized carbons (Fsp3) is 0.333. The molecule has 0 aliphatic rings. The number of nitrogens with zero attached hydrogens (tertiary/aromatic N) is 3. The van der Waals surface area contributed by atoms with Gasteiger partial charge < -0.3 is 20.9 Å². The zero-order valence-electron chi connectivity index (χ0n) is 15.2. The van der Waals surface area contributed by atoms with Crippen LogP contribution in [0.2, 0.25) is 0 Å². The Bertz CT molecular complexity index is 746. The molecule has 0 atom stereocenters. The van der Waals surface area contributed by atoms with Crippen LogP contribution >= 0.6 is 0 Å². The fourth-order valence-corrected chi connectivity index (χ4v) is 2.20. The van der Waals surface area contributed by atoms with Gasteiger partial charge in [0.05, 0.1) is 0 Å². The number of aromatic nitrogens is 2. The van der Waals surface area contributed by atoms with Crippen molar-refractivity contribution in [1.29, 1.82) is 0 Å². The van der Waals surface area contributed by atoms with E-state index >= 15 is 0 Å². The van der Waals surface area contributed by atoms with Gasteiger partial charge in [-0.15, -0.1) is 0 Å². The molecule has 0 spiro atoms. The first-order valence-corrected chi connectivity index (χ1v) is 8.34. The number of amides is 2. The topological polar surface area (TPSA) is 99.2 Å². The minimum absolute atomic E-state index is 0.145. The van der Waals surface area contributed by atoms with Gasteiger partial charge in [-0.2, -0.15) is 0 Å². The van der Waals surface area contributed by atoms with Gasteiger partial charge in [0.1, 0.15) is 5.69 Å². The molecule has 138 valence electrons. The number of hydrogen-bond acceptors (Lipinski definition) is 6. The van der Waals surface area contributed by atoms with Crippen molar-refractivity contribution in [2.75, 3.05) is 43.1 Å². The third-order valence-corrected chi connectivity index (χ3v) is 3.42. The molecule has 2 rings (SSSR count). The van der Waals surface area contributed by atoms with Crippen LogP contribution in [0.25, 0.3) is 0 Å². The van der Waals surface area contributed by atoms with Gasteiger partial charge in [-0.3, -0.25) is 9.59 Å². The molecule has 0 saturated heterocycles.